The molecule has 1 saturated heterocycles. The van der Waals surface area contributed by atoms with Gasteiger partial charge in [-0.05, 0) is 76.0 Å². The van der Waals surface area contributed by atoms with Crippen LogP contribution in [0.3, 0.4) is 0 Å². The van der Waals surface area contributed by atoms with E-state index in [0.717, 1.165) is 25.1 Å². The summed E-state index contributed by atoms with van der Waals surface area (Å²) in [5.41, 5.74) is 2.17. The number of hydrogen-bond acceptors (Lipinski definition) is 4. The summed E-state index contributed by atoms with van der Waals surface area (Å²) in [7, 11) is -2.01. The maximum Gasteiger partial charge on any atom is 0.243 e. The van der Waals surface area contributed by atoms with Crippen LogP contribution in [0.15, 0.2) is 53.4 Å². The minimum atomic E-state index is -3.59. The van der Waals surface area contributed by atoms with Crippen molar-refractivity contribution in [2.24, 2.45) is 0 Å². The van der Waals surface area contributed by atoms with Gasteiger partial charge in [-0.3, -0.25) is 0 Å². The molecule has 0 aromatic heterocycles. The van der Waals surface area contributed by atoms with Crippen LogP contribution in [0, 0.1) is 6.92 Å². The summed E-state index contributed by atoms with van der Waals surface area (Å²) in [6.07, 6.45) is 4.59. The summed E-state index contributed by atoms with van der Waals surface area (Å²) in [6.45, 7) is 7.25. The number of aryl methyl sites for hydroxylation is 1. The Labute approximate surface area is 181 Å². The zero-order valence-corrected chi connectivity index (χ0v) is 19.2. The molecule has 0 radical (unpaired) electrons. The van der Waals surface area contributed by atoms with Crippen molar-refractivity contribution in [2.45, 2.75) is 57.0 Å². The van der Waals surface area contributed by atoms with Crippen LogP contribution in [0.25, 0.3) is 0 Å². The van der Waals surface area contributed by atoms with Crippen molar-refractivity contribution in [1.29, 1.82) is 0 Å². The Kier molecular flexibility index (Phi) is 7.92. The van der Waals surface area contributed by atoms with Gasteiger partial charge in [-0.1, -0.05) is 36.2 Å². The van der Waals surface area contributed by atoms with Gasteiger partial charge < -0.3 is 9.64 Å². The summed E-state index contributed by atoms with van der Waals surface area (Å²) in [4.78, 5) is 2.80. The highest BCUT2D eigenvalue weighted by molar-refractivity contribution is 7.89. The standard InChI is InChI=1S/C24H34N2O3S/c1-20-8-10-22(11-9-20)19-26(18-6-17-25-16-5-4-7-21(25)2)30(27,28)24-14-12-23(29-3)13-15-24/h8-15,21H,4-7,16-19H2,1-3H3. The average molecular weight is 431 g/mol. The highest BCUT2D eigenvalue weighted by atomic mass is 32.2. The molecule has 0 saturated carbocycles. The monoisotopic (exact) mass is 430 g/mol. The predicted molar refractivity (Wildman–Crippen MR) is 121 cm³/mol. The molecular weight excluding hydrogens is 396 g/mol. The first kappa shape index (κ1) is 22.8. The minimum Gasteiger partial charge on any atom is -0.497 e. The summed E-state index contributed by atoms with van der Waals surface area (Å²) in [5, 5.41) is 0. The topological polar surface area (TPSA) is 49.9 Å². The van der Waals surface area contributed by atoms with E-state index >= 15 is 0 Å². The lowest BCUT2D eigenvalue weighted by Gasteiger charge is -2.34. The number of nitrogens with zero attached hydrogens (tertiary/aromatic N) is 2. The summed E-state index contributed by atoms with van der Waals surface area (Å²) in [5.74, 6) is 0.651. The number of ether oxygens (including phenoxy) is 1. The number of hydrogen-bond donors (Lipinski definition) is 0. The molecule has 0 amide bonds. The smallest absolute Gasteiger partial charge is 0.243 e. The first-order valence-corrected chi connectivity index (χ1v) is 12.3. The molecule has 1 aliphatic heterocycles. The molecule has 30 heavy (non-hydrogen) atoms. The Hall–Kier alpha value is -1.89. The molecule has 0 spiro atoms. The predicted octanol–water partition coefficient (Wildman–Crippen LogP) is 4.46. The van der Waals surface area contributed by atoms with Gasteiger partial charge in [0.1, 0.15) is 5.75 Å². The quantitative estimate of drug-likeness (QED) is 0.589. The summed E-state index contributed by atoms with van der Waals surface area (Å²) < 4.78 is 33.6. The molecule has 5 nitrogen and oxygen atoms in total. The molecule has 0 bridgehead atoms. The number of piperidine rings is 1. The second-order valence-corrected chi connectivity index (χ2v) is 10.2. The fraction of sp³-hybridized carbons (Fsp3) is 0.500. The second kappa shape index (κ2) is 10.4. The molecule has 1 fully saturated rings. The van der Waals surface area contributed by atoms with Gasteiger partial charge in [0.05, 0.1) is 12.0 Å². The Morgan fingerprint density at radius 2 is 1.77 bits per heavy atom. The largest absolute Gasteiger partial charge is 0.497 e. The van der Waals surface area contributed by atoms with Crippen LogP contribution in [0.4, 0.5) is 0 Å². The molecule has 0 aliphatic carbocycles. The van der Waals surface area contributed by atoms with Gasteiger partial charge in [-0.2, -0.15) is 4.31 Å². The molecule has 3 rings (SSSR count). The highest BCUT2D eigenvalue weighted by Crippen LogP contribution is 2.23. The van der Waals surface area contributed by atoms with Gasteiger partial charge in [0.25, 0.3) is 0 Å². The van der Waals surface area contributed by atoms with Crippen LogP contribution in [0.5, 0.6) is 5.75 Å². The summed E-state index contributed by atoms with van der Waals surface area (Å²) >= 11 is 0. The highest BCUT2D eigenvalue weighted by Gasteiger charge is 2.25. The van der Waals surface area contributed by atoms with E-state index in [1.54, 1.807) is 35.7 Å². The van der Waals surface area contributed by atoms with E-state index < -0.39 is 10.0 Å². The van der Waals surface area contributed by atoms with Gasteiger partial charge in [0.15, 0.2) is 0 Å². The Morgan fingerprint density at radius 1 is 1.07 bits per heavy atom. The third-order valence-electron chi connectivity index (χ3n) is 5.97. The van der Waals surface area contributed by atoms with Crippen LogP contribution >= 0.6 is 0 Å². The van der Waals surface area contributed by atoms with E-state index in [1.807, 2.05) is 31.2 Å². The molecule has 2 aromatic carbocycles. The molecule has 2 aromatic rings. The number of likely N-dealkylation sites (tertiary alicyclic amines) is 1. The fourth-order valence-corrected chi connectivity index (χ4v) is 5.48. The van der Waals surface area contributed by atoms with Gasteiger partial charge in [0, 0.05) is 19.1 Å². The van der Waals surface area contributed by atoms with E-state index in [2.05, 4.69) is 11.8 Å². The third-order valence-corrected chi connectivity index (χ3v) is 7.83. The molecule has 164 valence electrons. The zero-order valence-electron chi connectivity index (χ0n) is 18.4. The molecular formula is C24H34N2O3S. The molecule has 1 atom stereocenters. The summed E-state index contributed by atoms with van der Waals surface area (Å²) in [6, 6.07) is 15.3. The minimum absolute atomic E-state index is 0.307. The van der Waals surface area contributed by atoms with Crippen molar-refractivity contribution in [1.82, 2.24) is 9.21 Å². The normalized spacial score (nSPS) is 17.9. The van der Waals surface area contributed by atoms with Crippen LogP contribution < -0.4 is 4.74 Å². The Morgan fingerprint density at radius 3 is 2.40 bits per heavy atom. The van der Waals surface area contributed by atoms with Crippen LogP contribution in [-0.4, -0.2) is 50.4 Å². The van der Waals surface area contributed by atoms with Crippen molar-refractivity contribution in [3.05, 3.63) is 59.7 Å². The second-order valence-electron chi connectivity index (χ2n) is 8.23. The molecule has 0 N–H and O–H groups in total. The SMILES string of the molecule is COc1ccc(S(=O)(=O)N(CCCN2CCCCC2C)Cc2ccc(C)cc2)cc1. The van der Waals surface area contributed by atoms with E-state index in [-0.39, 0.29) is 0 Å². The van der Waals surface area contributed by atoms with Crippen LogP contribution in [0.1, 0.15) is 43.7 Å². The lowest BCUT2D eigenvalue weighted by molar-refractivity contribution is 0.155. The number of rotatable bonds is 9. The lowest BCUT2D eigenvalue weighted by atomic mass is 10.0. The maximum atomic E-state index is 13.4. The van der Waals surface area contributed by atoms with Gasteiger partial charge in [0.2, 0.25) is 10.0 Å². The van der Waals surface area contributed by atoms with Crippen molar-refractivity contribution >= 4 is 10.0 Å². The molecule has 1 heterocycles. The lowest BCUT2D eigenvalue weighted by Crippen LogP contribution is -2.40. The van der Waals surface area contributed by atoms with Crippen molar-refractivity contribution in [2.75, 3.05) is 26.7 Å². The van der Waals surface area contributed by atoms with E-state index in [0.29, 0.717) is 29.8 Å². The zero-order chi connectivity index (χ0) is 21.6. The van der Waals surface area contributed by atoms with Gasteiger partial charge >= 0.3 is 0 Å². The van der Waals surface area contributed by atoms with E-state index in [1.165, 1.54) is 24.8 Å². The average Bonchev–Trinajstić information content (AvgIpc) is 2.75. The van der Waals surface area contributed by atoms with Crippen LogP contribution in [-0.2, 0) is 16.6 Å². The fourth-order valence-electron chi connectivity index (χ4n) is 4.02. The number of benzene rings is 2. The van der Waals surface area contributed by atoms with E-state index in [9.17, 15) is 8.42 Å². The maximum absolute atomic E-state index is 13.4. The van der Waals surface area contributed by atoms with Gasteiger partial charge in [-0.25, -0.2) is 8.42 Å². The van der Waals surface area contributed by atoms with Crippen molar-refractivity contribution in [3.63, 3.8) is 0 Å². The Bertz CT molecular complexity index is 895. The number of sulfonamides is 1. The first-order chi connectivity index (χ1) is 14.4. The first-order valence-electron chi connectivity index (χ1n) is 10.8. The molecule has 6 heteroatoms. The molecule has 1 aliphatic rings. The van der Waals surface area contributed by atoms with Gasteiger partial charge in [-0.15, -0.1) is 0 Å². The van der Waals surface area contributed by atoms with Crippen molar-refractivity contribution in [3.8, 4) is 5.75 Å². The Balaban J connectivity index is 1.75. The third kappa shape index (κ3) is 5.84. The molecule has 1 unspecified atom stereocenters. The van der Waals surface area contributed by atoms with Crippen LogP contribution in [0.2, 0.25) is 0 Å². The van der Waals surface area contributed by atoms with E-state index in [4.69, 9.17) is 4.74 Å². The number of methoxy groups -OCH3 is 1. The van der Waals surface area contributed by atoms with Crippen molar-refractivity contribution < 1.29 is 13.2 Å².